The molecule has 1 saturated heterocycles. The molecule has 2 aromatic rings. The van der Waals surface area contributed by atoms with Gasteiger partial charge in [-0.15, -0.1) is 0 Å². The van der Waals surface area contributed by atoms with E-state index in [2.05, 4.69) is 22.2 Å². The van der Waals surface area contributed by atoms with Gasteiger partial charge in [-0.1, -0.05) is 13.0 Å². The number of hydrogen-bond donors (Lipinski definition) is 2. The number of aromatic nitrogens is 2. The Morgan fingerprint density at radius 2 is 2.03 bits per heavy atom. The largest absolute Gasteiger partial charge is 0.356 e. The molecule has 10 heteroatoms. The van der Waals surface area contributed by atoms with Gasteiger partial charge in [-0.25, -0.2) is 13.4 Å². The molecule has 1 aliphatic heterocycles. The topological polar surface area (TPSA) is 115 Å². The Morgan fingerprint density at radius 1 is 1.31 bits per heavy atom. The summed E-state index contributed by atoms with van der Waals surface area (Å²) in [5.41, 5.74) is 0.226. The molecule has 3 rings (SSSR count). The molecule has 0 atom stereocenters. The molecule has 9 nitrogen and oxygen atoms in total. The van der Waals surface area contributed by atoms with E-state index in [0.717, 1.165) is 17.1 Å². The molecule has 2 amide bonds. The van der Waals surface area contributed by atoms with Crippen molar-refractivity contribution < 1.29 is 18.0 Å². The van der Waals surface area contributed by atoms with Crippen LogP contribution in [0.25, 0.3) is 0 Å². The van der Waals surface area contributed by atoms with Crippen molar-refractivity contribution in [2.75, 3.05) is 32.0 Å². The Labute approximate surface area is 170 Å². The number of H-pyrrole nitrogens is 1. The fourth-order valence-electron chi connectivity index (χ4n) is 3.12. The predicted octanol–water partition coefficient (Wildman–Crippen LogP) is 1.54. The minimum atomic E-state index is -3.93. The second-order valence-corrected chi connectivity index (χ2v) is 9.29. The number of aromatic amines is 1. The van der Waals surface area contributed by atoms with Crippen molar-refractivity contribution in [1.29, 1.82) is 0 Å². The quantitative estimate of drug-likeness (QED) is 0.737. The van der Waals surface area contributed by atoms with E-state index in [0.29, 0.717) is 24.8 Å². The molecule has 0 saturated carbocycles. The van der Waals surface area contributed by atoms with Crippen LogP contribution in [0, 0.1) is 5.92 Å². The van der Waals surface area contributed by atoms with Gasteiger partial charge < -0.3 is 15.2 Å². The molecule has 3 heterocycles. The van der Waals surface area contributed by atoms with E-state index in [1.54, 1.807) is 23.1 Å². The van der Waals surface area contributed by atoms with Gasteiger partial charge in [-0.05, 0) is 37.0 Å². The number of carbonyl (C=O) groups is 2. The van der Waals surface area contributed by atoms with Crippen LogP contribution < -0.4 is 5.32 Å². The van der Waals surface area contributed by atoms with Crippen molar-refractivity contribution in [2.24, 2.45) is 5.92 Å². The van der Waals surface area contributed by atoms with Gasteiger partial charge in [0.15, 0.2) is 0 Å². The van der Waals surface area contributed by atoms with E-state index >= 15 is 0 Å². The summed E-state index contributed by atoms with van der Waals surface area (Å²) < 4.78 is 26.5. The lowest BCUT2D eigenvalue weighted by Crippen LogP contribution is -2.38. The average Bonchev–Trinajstić information content (AvgIpc) is 3.19. The van der Waals surface area contributed by atoms with Crippen LogP contribution in [-0.4, -0.2) is 66.1 Å². The minimum absolute atomic E-state index is 0.0561. The summed E-state index contributed by atoms with van der Waals surface area (Å²) in [5.74, 6) is 0.205. The number of hydrogen-bond acceptors (Lipinski definition) is 5. The lowest BCUT2D eigenvalue weighted by molar-refractivity contribution is -0.116. The lowest BCUT2D eigenvalue weighted by atomic mass is 9.99. The third-order valence-electron chi connectivity index (χ3n) is 4.96. The summed E-state index contributed by atoms with van der Waals surface area (Å²) >= 11 is 0. The molecule has 156 valence electrons. The molecule has 0 aliphatic carbocycles. The Morgan fingerprint density at radius 3 is 2.69 bits per heavy atom. The fourth-order valence-corrected chi connectivity index (χ4v) is 4.24. The van der Waals surface area contributed by atoms with Gasteiger partial charge in [0.25, 0.3) is 5.91 Å². The number of sulfonamides is 1. The van der Waals surface area contributed by atoms with Crippen molar-refractivity contribution >= 4 is 27.7 Å². The molecule has 0 bridgehead atoms. The standard InChI is InChI=1S/C19H25N5O4S/c1-14-6-9-24(10-7-14)19(26)16-11-15(12-21-16)29(27,28)23(2)13-18(25)22-17-5-3-4-8-20-17/h3-5,8,11-12,14,21H,6-7,9-10,13H2,1-2H3,(H,20,22,25). The number of pyridine rings is 1. The molecule has 2 N–H and O–H groups in total. The van der Waals surface area contributed by atoms with Gasteiger partial charge in [0.1, 0.15) is 16.4 Å². The normalized spacial score (nSPS) is 15.5. The highest BCUT2D eigenvalue weighted by Crippen LogP contribution is 2.20. The van der Waals surface area contributed by atoms with Crippen LogP contribution in [-0.2, 0) is 14.8 Å². The van der Waals surface area contributed by atoms with Gasteiger partial charge in [0.05, 0.1) is 6.54 Å². The molecule has 1 fully saturated rings. The Bertz CT molecular complexity index is 965. The number of carbonyl (C=O) groups excluding carboxylic acids is 2. The molecular weight excluding hydrogens is 394 g/mol. The molecule has 0 unspecified atom stereocenters. The second kappa shape index (κ2) is 8.75. The van der Waals surface area contributed by atoms with Crippen LogP contribution in [0.2, 0.25) is 0 Å². The summed E-state index contributed by atoms with van der Waals surface area (Å²) in [7, 11) is -2.62. The predicted molar refractivity (Wildman–Crippen MR) is 108 cm³/mol. The van der Waals surface area contributed by atoms with Crippen molar-refractivity contribution in [3.63, 3.8) is 0 Å². The molecule has 0 radical (unpaired) electrons. The van der Waals surface area contributed by atoms with Crippen molar-refractivity contribution in [3.05, 3.63) is 42.4 Å². The molecule has 2 aromatic heterocycles. The molecule has 0 aromatic carbocycles. The van der Waals surface area contributed by atoms with E-state index in [4.69, 9.17) is 0 Å². The summed E-state index contributed by atoms with van der Waals surface area (Å²) in [6.45, 7) is 3.10. The average molecular weight is 420 g/mol. The summed E-state index contributed by atoms with van der Waals surface area (Å²) in [6, 6.07) is 6.35. The number of likely N-dealkylation sites (tertiary alicyclic amines) is 1. The van der Waals surface area contributed by atoms with Gasteiger partial charge >= 0.3 is 0 Å². The number of rotatable bonds is 6. The molecule has 0 spiro atoms. The lowest BCUT2D eigenvalue weighted by Gasteiger charge is -2.29. The van der Waals surface area contributed by atoms with Gasteiger partial charge in [-0.3, -0.25) is 9.59 Å². The van der Waals surface area contributed by atoms with Gasteiger partial charge in [0.2, 0.25) is 15.9 Å². The number of nitrogens with one attached hydrogen (secondary N) is 2. The number of amides is 2. The Hall–Kier alpha value is -2.72. The second-order valence-electron chi connectivity index (χ2n) is 7.25. The minimum Gasteiger partial charge on any atom is -0.356 e. The molecule has 1 aliphatic rings. The molecular formula is C19H25N5O4S. The third-order valence-corrected chi connectivity index (χ3v) is 6.75. The first-order valence-corrected chi connectivity index (χ1v) is 10.9. The summed E-state index contributed by atoms with van der Waals surface area (Å²) in [5, 5.41) is 2.54. The smallest absolute Gasteiger partial charge is 0.270 e. The maximum Gasteiger partial charge on any atom is 0.270 e. The van der Waals surface area contributed by atoms with Crippen molar-refractivity contribution in [2.45, 2.75) is 24.7 Å². The van der Waals surface area contributed by atoms with Crippen LogP contribution in [0.15, 0.2) is 41.6 Å². The SMILES string of the molecule is CC1CCN(C(=O)c2cc(S(=O)(=O)N(C)CC(=O)Nc3ccccn3)c[nH]2)CC1. The number of piperidine rings is 1. The first-order valence-electron chi connectivity index (χ1n) is 9.42. The zero-order chi connectivity index (χ0) is 21.0. The van der Waals surface area contributed by atoms with E-state index in [9.17, 15) is 18.0 Å². The van der Waals surface area contributed by atoms with Crippen LogP contribution >= 0.6 is 0 Å². The van der Waals surface area contributed by atoms with E-state index < -0.39 is 15.9 Å². The highest BCUT2D eigenvalue weighted by Gasteiger charge is 2.27. The molecule has 29 heavy (non-hydrogen) atoms. The third kappa shape index (κ3) is 5.01. The zero-order valence-corrected chi connectivity index (χ0v) is 17.3. The van der Waals surface area contributed by atoms with Crippen LogP contribution in [0.5, 0.6) is 0 Å². The maximum absolute atomic E-state index is 12.8. The van der Waals surface area contributed by atoms with Gasteiger partial charge in [-0.2, -0.15) is 4.31 Å². The fraction of sp³-hybridized carbons (Fsp3) is 0.421. The number of anilines is 1. The van der Waals surface area contributed by atoms with E-state index in [1.165, 1.54) is 25.5 Å². The Balaban J connectivity index is 1.64. The first kappa shape index (κ1) is 21.0. The summed E-state index contributed by atoms with van der Waals surface area (Å²) in [6.07, 6.45) is 4.68. The van der Waals surface area contributed by atoms with Crippen LogP contribution in [0.1, 0.15) is 30.3 Å². The van der Waals surface area contributed by atoms with Crippen molar-refractivity contribution in [3.8, 4) is 0 Å². The van der Waals surface area contributed by atoms with E-state index in [1.807, 2.05) is 0 Å². The van der Waals surface area contributed by atoms with Crippen molar-refractivity contribution in [1.82, 2.24) is 19.2 Å². The van der Waals surface area contributed by atoms with E-state index in [-0.39, 0.29) is 23.0 Å². The van der Waals surface area contributed by atoms with Crippen LogP contribution in [0.4, 0.5) is 5.82 Å². The maximum atomic E-state index is 12.8. The summed E-state index contributed by atoms with van der Waals surface area (Å²) in [4.78, 5) is 33.1. The van der Waals surface area contributed by atoms with Crippen LogP contribution in [0.3, 0.4) is 0 Å². The first-order chi connectivity index (χ1) is 13.8. The Kier molecular flexibility index (Phi) is 6.33. The highest BCUT2D eigenvalue weighted by atomic mass is 32.2. The zero-order valence-electron chi connectivity index (χ0n) is 16.5. The van der Waals surface area contributed by atoms with Gasteiger partial charge in [0, 0.05) is 32.5 Å². The highest BCUT2D eigenvalue weighted by molar-refractivity contribution is 7.89. The number of nitrogens with zero attached hydrogens (tertiary/aromatic N) is 3. The monoisotopic (exact) mass is 419 g/mol. The number of likely N-dealkylation sites (N-methyl/N-ethyl adjacent to an activating group) is 1.